The van der Waals surface area contributed by atoms with Gasteiger partial charge in [-0.1, -0.05) is 23.7 Å². The maximum atomic E-state index is 12.3. The molecular formula is C19H20ClN3O2S. The molecule has 0 unspecified atom stereocenters. The molecular weight excluding hydrogens is 370 g/mol. The van der Waals surface area contributed by atoms with Crippen LogP contribution in [0.1, 0.15) is 10.4 Å². The second-order valence-electron chi connectivity index (χ2n) is 5.91. The number of piperazine rings is 1. The van der Waals surface area contributed by atoms with Crippen LogP contribution in [-0.2, 0) is 0 Å². The lowest BCUT2D eigenvalue weighted by atomic mass is 10.2. The van der Waals surface area contributed by atoms with E-state index in [1.165, 1.54) is 0 Å². The molecule has 0 aromatic heterocycles. The van der Waals surface area contributed by atoms with Gasteiger partial charge in [0, 0.05) is 36.8 Å². The summed E-state index contributed by atoms with van der Waals surface area (Å²) in [4.78, 5) is 16.6. The Bertz CT molecular complexity index is 790. The molecule has 0 saturated carbocycles. The van der Waals surface area contributed by atoms with Crippen molar-refractivity contribution in [2.75, 3.05) is 38.2 Å². The van der Waals surface area contributed by atoms with Gasteiger partial charge in [0.25, 0.3) is 5.91 Å². The van der Waals surface area contributed by atoms with E-state index < -0.39 is 0 Å². The number of ether oxygens (including phenoxy) is 1. The zero-order valence-electron chi connectivity index (χ0n) is 14.4. The molecule has 0 radical (unpaired) electrons. The molecule has 1 aliphatic heterocycles. The number of nitrogens with one attached hydrogen (secondary N) is 1. The lowest BCUT2D eigenvalue weighted by Gasteiger charge is -2.37. The van der Waals surface area contributed by atoms with Crippen molar-refractivity contribution in [3.05, 3.63) is 59.1 Å². The maximum Gasteiger partial charge on any atom is 0.257 e. The van der Waals surface area contributed by atoms with Gasteiger partial charge in [-0.3, -0.25) is 10.1 Å². The molecule has 0 bridgehead atoms. The first-order chi connectivity index (χ1) is 12.6. The third kappa shape index (κ3) is 4.26. The summed E-state index contributed by atoms with van der Waals surface area (Å²) in [5, 5.41) is 3.84. The standard InChI is InChI=1S/C19H20ClN3O2S/c1-25-17-5-3-2-4-16(17)22-10-12-23(13-11-22)19(26)21-18(24)14-6-8-15(20)9-7-14/h2-9H,10-13H2,1H3,(H,21,24,26). The zero-order valence-corrected chi connectivity index (χ0v) is 16.0. The maximum absolute atomic E-state index is 12.3. The summed E-state index contributed by atoms with van der Waals surface area (Å²) >= 11 is 11.3. The fraction of sp³-hybridized carbons (Fsp3) is 0.263. The number of nitrogens with zero attached hydrogens (tertiary/aromatic N) is 2. The van der Waals surface area contributed by atoms with Crippen LogP contribution in [0.5, 0.6) is 5.75 Å². The van der Waals surface area contributed by atoms with Crippen molar-refractivity contribution < 1.29 is 9.53 Å². The summed E-state index contributed by atoms with van der Waals surface area (Å²) < 4.78 is 5.44. The predicted molar refractivity (Wildman–Crippen MR) is 108 cm³/mol. The van der Waals surface area contributed by atoms with E-state index in [4.69, 9.17) is 28.6 Å². The topological polar surface area (TPSA) is 44.8 Å². The average Bonchev–Trinajstić information content (AvgIpc) is 2.68. The van der Waals surface area contributed by atoms with Crippen molar-refractivity contribution in [2.45, 2.75) is 0 Å². The second kappa shape index (κ2) is 8.38. The molecule has 1 amide bonds. The van der Waals surface area contributed by atoms with E-state index in [-0.39, 0.29) is 5.91 Å². The highest BCUT2D eigenvalue weighted by Crippen LogP contribution is 2.28. The van der Waals surface area contributed by atoms with Crippen molar-refractivity contribution in [1.82, 2.24) is 10.2 Å². The van der Waals surface area contributed by atoms with E-state index in [0.717, 1.165) is 37.6 Å². The van der Waals surface area contributed by atoms with Crippen molar-refractivity contribution in [3.63, 3.8) is 0 Å². The summed E-state index contributed by atoms with van der Waals surface area (Å²) in [6, 6.07) is 14.7. The third-order valence-electron chi connectivity index (χ3n) is 4.32. The molecule has 0 aliphatic carbocycles. The number of carbonyl (C=O) groups excluding carboxylic acids is 1. The second-order valence-corrected chi connectivity index (χ2v) is 6.74. The minimum absolute atomic E-state index is 0.223. The minimum atomic E-state index is -0.223. The third-order valence-corrected chi connectivity index (χ3v) is 4.93. The number of rotatable bonds is 3. The van der Waals surface area contributed by atoms with Gasteiger partial charge in [0.1, 0.15) is 5.75 Å². The highest BCUT2D eigenvalue weighted by Gasteiger charge is 2.22. The Morgan fingerprint density at radius 1 is 1.08 bits per heavy atom. The fourth-order valence-corrected chi connectivity index (χ4v) is 3.29. The molecule has 1 aliphatic rings. The van der Waals surface area contributed by atoms with Crippen LogP contribution in [0.3, 0.4) is 0 Å². The number of thiocarbonyl (C=S) groups is 1. The number of anilines is 1. The zero-order chi connectivity index (χ0) is 18.5. The van der Waals surface area contributed by atoms with Gasteiger partial charge in [-0.05, 0) is 48.6 Å². The first kappa shape index (κ1) is 18.5. The molecule has 1 saturated heterocycles. The van der Waals surface area contributed by atoms with Crippen molar-refractivity contribution in [2.24, 2.45) is 0 Å². The number of halogens is 1. The van der Waals surface area contributed by atoms with Crippen molar-refractivity contribution >= 4 is 40.5 Å². The minimum Gasteiger partial charge on any atom is -0.495 e. The Morgan fingerprint density at radius 3 is 2.38 bits per heavy atom. The fourth-order valence-electron chi connectivity index (χ4n) is 2.89. The molecule has 1 heterocycles. The van der Waals surface area contributed by atoms with Crippen LogP contribution in [-0.4, -0.2) is 49.2 Å². The number of amides is 1. The lowest BCUT2D eigenvalue weighted by Crippen LogP contribution is -2.52. The lowest BCUT2D eigenvalue weighted by molar-refractivity contribution is 0.0973. The van der Waals surface area contributed by atoms with Gasteiger partial charge < -0.3 is 14.5 Å². The normalized spacial score (nSPS) is 14.1. The molecule has 3 rings (SSSR count). The molecule has 0 spiro atoms. The van der Waals surface area contributed by atoms with Gasteiger partial charge >= 0.3 is 0 Å². The van der Waals surface area contributed by atoms with E-state index >= 15 is 0 Å². The molecule has 1 fully saturated rings. The summed E-state index contributed by atoms with van der Waals surface area (Å²) in [5.41, 5.74) is 1.61. The number of hydrogen-bond acceptors (Lipinski definition) is 4. The summed E-state index contributed by atoms with van der Waals surface area (Å²) in [5.74, 6) is 0.637. The molecule has 2 aromatic carbocycles. The van der Waals surface area contributed by atoms with Crippen molar-refractivity contribution in [3.8, 4) is 5.75 Å². The van der Waals surface area contributed by atoms with Crippen molar-refractivity contribution in [1.29, 1.82) is 0 Å². The number of benzene rings is 2. The van der Waals surface area contributed by atoms with E-state index in [1.807, 2.05) is 23.1 Å². The number of carbonyl (C=O) groups is 1. The van der Waals surface area contributed by atoms with Crippen LogP contribution >= 0.6 is 23.8 Å². The first-order valence-corrected chi connectivity index (χ1v) is 9.11. The van der Waals surface area contributed by atoms with Gasteiger partial charge in [-0.2, -0.15) is 0 Å². The quantitative estimate of drug-likeness (QED) is 0.817. The van der Waals surface area contributed by atoms with E-state index in [9.17, 15) is 4.79 Å². The summed E-state index contributed by atoms with van der Waals surface area (Å²) in [6.45, 7) is 3.07. The summed E-state index contributed by atoms with van der Waals surface area (Å²) in [7, 11) is 1.68. The Kier molecular flexibility index (Phi) is 5.96. The van der Waals surface area contributed by atoms with Crippen LogP contribution in [0.15, 0.2) is 48.5 Å². The number of para-hydroxylation sites is 2. The Labute approximate surface area is 163 Å². The molecule has 7 heteroatoms. The molecule has 5 nitrogen and oxygen atoms in total. The highest BCUT2D eigenvalue weighted by atomic mass is 35.5. The van der Waals surface area contributed by atoms with Crippen LogP contribution in [0.2, 0.25) is 5.02 Å². The van der Waals surface area contributed by atoms with Crippen LogP contribution in [0.25, 0.3) is 0 Å². The molecule has 136 valence electrons. The summed E-state index contributed by atoms with van der Waals surface area (Å²) in [6.07, 6.45) is 0. The monoisotopic (exact) mass is 389 g/mol. The van der Waals surface area contributed by atoms with Crippen LogP contribution in [0, 0.1) is 0 Å². The largest absolute Gasteiger partial charge is 0.495 e. The number of methoxy groups -OCH3 is 1. The van der Waals surface area contributed by atoms with Gasteiger partial charge in [-0.25, -0.2) is 0 Å². The SMILES string of the molecule is COc1ccccc1N1CCN(C(=S)NC(=O)c2ccc(Cl)cc2)CC1. The predicted octanol–water partition coefficient (Wildman–Crippen LogP) is 3.19. The van der Waals surface area contributed by atoms with Gasteiger partial charge in [0.2, 0.25) is 0 Å². The molecule has 2 aromatic rings. The van der Waals surface area contributed by atoms with E-state index in [1.54, 1.807) is 31.4 Å². The Morgan fingerprint density at radius 2 is 1.73 bits per heavy atom. The average molecular weight is 390 g/mol. The van der Waals surface area contributed by atoms with E-state index in [2.05, 4.69) is 16.3 Å². The first-order valence-electron chi connectivity index (χ1n) is 8.32. The molecule has 1 N–H and O–H groups in total. The van der Waals surface area contributed by atoms with Crippen LogP contribution in [0.4, 0.5) is 5.69 Å². The molecule has 0 atom stereocenters. The molecule has 26 heavy (non-hydrogen) atoms. The highest BCUT2D eigenvalue weighted by molar-refractivity contribution is 7.80. The van der Waals surface area contributed by atoms with Crippen LogP contribution < -0.4 is 15.0 Å². The van der Waals surface area contributed by atoms with Gasteiger partial charge in [0.05, 0.1) is 12.8 Å². The van der Waals surface area contributed by atoms with E-state index in [0.29, 0.717) is 15.7 Å². The van der Waals surface area contributed by atoms with Gasteiger partial charge in [0.15, 0.2) is 5.11 Å². The smallest absolute Gasteiger partial charge is 0.257 e. The Balaban J connectivity index is 1.56. The van der Waals surface area contributed by atoms with Gasteiger partial charge in [-0.15, -0.1) is 0 Å². The number of hydrogen-bond donors (Lipinski definition) is 1. The Hall–Kier alpha value is -2.31.